The molecule has 0 saturated heterocycles. The topological polar surface area (TPSA) is 160 Å². The van der Waals surface area contributed by atoms with Crippen molar-refractivity contribution >= 4 is 32.4 Å². The van der Waals surface area contributed by atoms with Gasteiger partial charge < -0.3 is 24.9 Å². The molecule has 0 spiro atoms. The third-order valence-corrected chi connectivity index (χ3v) is 7.96. The van der Waals surface area contributed by atoms with Crippen LogP contribution >= 0.6 is 0 Å². The lowest BCUT2D eigenvalue weighted by molar-refractivity contribution is -0.140. The number of aromatic nitrogens is 2. The average Bonchev–Trinajstić information content (AvgIpc) is 3.02. The summed E-state index contributed by atoms with van der Waals surface area (Å²) in [4.78, 5) is 38.5. The van der Waals surface area contributed by atoms with Crippen LogP contribution < -0.4 is 17.0 Å². The van der Waals surface area contributed by atoms with E-state index in [9.17, 15) is 49.1 Å². The number of ether oxygens (including phenoxy) is 3. The molecule has 1 aromatic heterocycles. The maximum Gasteiger partial charge on any atom is 0.416 e. The van der Waals surface area contributed by atoms with E-state index >= 15 is 0 Å². The number of carbonyl (C=O) groups excluding carboxylic acids is 1. The number of nitrogens with zero attached hydrogens (tertiary/aromatic N) is 1. The molecular formula is C32H41F6N3O8S. The zero-order chi connectivity index (χ0) is 38.2. The molecule has 3 N–H and O–H groups in total. The van der Waals surface area contributed by atoms with E-state index in [2.05, 4.69) is 9.72 Å². The second-order valence-electron chi connectivity index (χ2n) is 11.3. The Morgan fingerprint density at radius 3 is 1.76 bits per heavy atom. The highest BCUT2D eigenvalue weighted by Gasteiger charge is 2.38. The summed E-state index contributed by atoms with van der Waals surface area (Å²) in [7, 11) is -2.58. The van der Waals surface area contributed by atoms with Gasteiger partial charge in [0.15, 0.2) is 9.84 Å². The van der Waals surface area contributed by atoms with Crippen molar-refractivity contribution < 1.29 is 53.8 Å². The molecule has 0 aliphatic carbocycles. The van der Waals surface area contributed by atoms with Crippen LogP contribution in [0.1, 0.15) is 98.2 Å². The summed E-state index contributed by atoms with van der Waals surface area (Å²) < 4.78 is 119. The van der Waals surface area contributed by atoms with E-state index in [-0.39, 0.29) is 46.3 Å². The Labute approximate surface area is 284 Å². The first kappa shape index (κ1) is 42.3. The smallest absolute Gasteiger partial charge is 0.416 e. The van der Waals surface area contributed by atoms with Crippen LogP contribution in [0.25, 0.3) is 10.9 Å². The van der Waals surface area contributed by atoms with Crippen molar-refractivity contribution in [2.75, 3.05) is 32.3 Å². The molecular weight excluding hydrogens is 700 g/mol. The van der Waals surface area contributed by atoms with Crippen molar-refractivity contribution in [3.8, 4) is 0 Å². The number of nitrogen functional groups attached to an aromatic ring is 1. The highest BCUT2D eigenvalue weighted by atomic mass is 32.2. The summed E-state index contributed by atoms with van der Waals surface area (Å²) >= 11 is 0. The molecule has 11 nitrogen and oxygen atoms in total. The Balaban J connectivity index is 0.000000358. The molecule has 0 radical (unpaired) electrons. The number of sulfone groups is 1. The Kier molecular flexibility index (Phi) is 14.7. The number of halogens is 6. The summed E-state index contributed by atoms with van der Waals surface area (Å²) in [5.74, 6) is -1.66. The van der Waals surface area contributed by atoms with E-state index in [1.54, 1.807) is 13.8 Å². The molecule has 0 bridgehead atoms. The average molecular weight is 742 g/mol. The minimum absolute atomic E-state index is 0.0935. The van der Waals surface area contributed by atoms with Gasteiger partial charge in [0, 0.05) is 25.2 Å². The number of methoxy groups -OCH3 is 1. The number of rotatable bonds is 13. The summed E-state index contributed by atoms with van der Waals surface area (Å²) in [6.45, 7) is 7.60. The molecule has 0 amide bonds. The van der Waals surface area contributed by atoms with E-state index in [0.717, 1.165) is 31.6 Å². The van der Waals surface area contributed by atoms with Crippen molar-refractivity contribution in [3.63, 3.8) is 0 Å². The predicted molar refractivity (Wildman–Crippen MR) is 174 cm³/mol. The zero-order valence-corrected chi connectivity index (χ0v) is 29.2. The fourth-order valence-electron chi connectivity index (χ4n) is 4.99. The molecule has 3 rings (SSSR count). The quantitative estimate of drug-likeness (QED) is 0.113. The third-order valence-electron chi connectivity index (χ3n) is 7.24. The molecule has 0 fully saturated rings. The van der Waals surface area contributed by atoms with Crippen LogP contribution in [0, 0.1) is 0 Å². The standard InChI is InChI=1S/C17H21F3N2O5S.C15H20F3NO3/c1-4-6-27-14(5-2)10-7-11-13(8-12(10)17(18,19)20)21-16(24)22(15(11)23)9-28(3,25)26;1-4-6-22-13(5-2)9-7-10(14(20)21-3)12(19)8-11(9)15(16,17)18/h7-8,14H,4-6,9H2,1-3H3,(H,21,24);7-8,13H,4-6,19H2,1-3H3. The number of esters is 1. The fourth-order valence-corrected chi connectivity index (χ4v) is 5.69. The third kappa shape index (κ3) is 10.8. The maximum atomic E-state index is 13.6. The number of anilines is 1. The van der Waals surface area contributed by atoms with Crippen LogP contribution in [0.5, 0.6) is 0 Å². The minimum atomic E-state index is -4.73. The van der Waals surface area contributed by atoms with Gasteiger partial charge in [0.2, 0.25) is 0 Å². The van der Waals surface area contributed by atoms with E-state index in [1.165, 1.54) is 0 Å². The number of fused-ring (bicyclic) bond motifs is 1. The summed E-state index contributed by atoms with van der Waals surface area (Å²) in [5.41, 5.74) is 0.568. The number of alkyl halides is 6. The normalized spacial score (nSPS) is 13.4. The Bertz CT molecular complexity index is 1870. The van der Waals surface area contributed by atoms with Crippen LogP contribution in [0.4, 0.5) is 32.0 Å². The molecule has 0 aliphatic heterocycles. The van der Waals surface area contributed by atoms with E-state index in [4.69, 9.17) is 15.2 Å². The molecule has 0 aliphatic rings. The van der Waals surface area contributed by atoms with Gasteiger partial charge in [-0.3, -0.25) is 4.79 Å². The molecule has 50 heavy (non-hydrogen) atoms. The molecule has 18 heteroatoms. The van der Waals surface area contributed by atoms with Gasteiger partial charge in [-0.2, -0.15) is 26.3 Å². The van der Waals surface area contributed by atoms with Gasteiger partial charge >= 0.3 is 24.0 Å². The Hall–Kier alpha value is -3.90. The number of nitrogens with one attached hydrogen (secondary N) is 1. The van der Waals surface area contributed by atoms with Gasteiger partial charge in [0.1, 0.15) is 5.88 Å². The van der Waals surface area contributed by atoms with Gasteiger partial charge in [0.25, 0.3) is 5.56 Å². The van der Waals surface area contributed by atoms with Crippen LogP contribution in [-0.2, 0) is 42.3 Å². The van der Waals surface area contributed by atoms with Gasteiger partial charge in [-0.05, 0) is 61.1 Å². The van der Waals surface area contributed by atoms with Crippen molar-refractivity contribution in [2.45, 2.75) is 83.8 Å². The molecule has 1 heterocycles. The van der Waals surface area contributed by atoms with Gasteiger partial charge in [-0.1, -0.05) is 27.7 Å². The number of H-pyrrole nitrogens is 1. The maximum absolute atomic E-state index is 13.6. The molecule has 2 atom stereocenters. The number of hydrogen-bond acceptors (Lipinski definition) is 9. The van der Waals surface area contributed by atoms with Crippen molar-refractivity contribution in [1.29, 1.82) is 0 Å². The molecule has 2 unspecified atom stereocenters. The first-order valence-electron chi connectivity index (χ1n) is 15.5. The Morgan fingerprint density at radius 1 is 0.860 bits per heavy atom. The van der Waals surface area contributed by atoms with Crippen molar-refractivity contribution in [3.05, 3.63) is 72.9 Å². The first-order valence-corrected chi connectivity index (χ1v) is 17.6. The lowest BCUT2D eigenvalue weighted by atomic mass is 9.96. The molecule has 0 saturated carbocycles. The lowest BCUT2D eigenvalue weighted by Gasteiger charge is -2.22. The monoisotopic (exact) mass is 741 g/mol. The van der Waals surface area contributed by atoms with Crippen molar-refractivity contribution in [1.82, 2.24) is 9.55 Å². The molecule has 2 aromatic carbocycles. The zero-order valence-electron chi connectivity index (χ0n) is 28.4. The number of carbonyl (C=O) groups is 1. The van der Waals surface area contributed by atoms with Crippen LogP contribution in [0.15, 0.2) is 33.9 Å². The minimum Gasteiger partial charge on any atom is -0.465 e. The second kappa shape index (κ2) is 17.4. The van der Waals surface area contributed by atoms with Crippen LogP contribution in [0.2, 0.25) is 0 Å². The van der Waals surface area contributed by atoms with Crippen LogP contribution in [0.3, 0.4) is 0 Å². The van der Waals surface area contributed by atoms with Gasteiger partial charge in [0.05, 0.1) is 46.9 Å². The lowest BCUT2D eigenvalue weighted by Crippen LogP contribution is -2.37. The molecule has 3 aromatic rings. The van der Waals surface area contributed by atoms with E-state index < -0.39 is 68.6 Å². The SMILES string of the molecule is CCCOC(CC)c1cc(C(=O)OC)c(N)cc1C(F)(F)F.CCCOC(CC)c1cc2c(=O)n(CS(C)(=O)=O)c(=O)[nH]c2cc1C(F)(F)F. The fraction of sp³-hybridized carbons (Fsp3) is 0.531. The van der Waals surface area contributed by atoms with E-state index in [1.807, 2.05) is 13.8 Å². The largest absolute Gasteiger partial charge is 0.465 e. The number of nitrogens with two attached hydrogens (primary N) is 1. The second-order valence-corrected chi connectivity index (χ2v) is 13.4. The number of benzene rings is 2. The van der Waals surface area contributed by atoms with Gasteiger partial charge in [-0.25, -0.2) is 22.6 Å². The number of aromatic amines is 1. The first-order chi connectivity index (χ1) is 23.1. The summed E-state index contributed by atoms with van der Waals surface area (Å²) in [6.07, 6.45) is -8.30. The number of hydrogen-bond donors (Lipinski definition) is 2. The van der Waals surface area contributed by atoms with E-state index in [0.29, 0.717) is 36.5 Å². The summed E-state index contributed by atoms with van der Waals surface area (Å²) in [6, 6.07) is 3.60. The molecule has 280 valence electrons. The van der Waals surface area contributed by atoms with Crippen molar-refractivity contribution in [2.24, 2.45) is 0 Å². The van der Waals surface area contributed by atoms with Crippen LogP contribution in [-0.4, -0.2) is 50.5 Å². The summed E-state index contributed by atoms with van der Waals surface area (Å²) in [5, 5.41) is -0.218. The Morgan fingerprint density at radius 2 is 1.34 bits per heavy atom. The highest BCUT2D eigenvalue weighted by Crippen LogP contribution is 2.40. The predicted octanol–water partition coefficient (Wildman–Crippen LogP) is 6.54. The highest BCUT2D eigenvalue weighted by molar-refractivity contribution is 7.89. The van der Waals surface area contributed by atoms with Gasteiger partial charge in [-0.15, -0.1) is 0 Å².